The highest BCUT2D eigenvalue weighted by Crippen LogP contribution is 2.08. The van der Waals surface area contributed by atoms with Crippen LogP contribution in [0.25, 0.3) is 0 Å². The topological polar surface area (TPSA) is 72.8 Å². The summed E-state index contributed by atoms with van der Waals surface area (Å²) in [6, 6.07) is 8.67. The number of nitriles is 1. The Morgan fingerprint density at radius 1 is 1.56 bits per heavy atom. The number of aromatic amines is 1. The van der Waals surface area contributed by atoms with Crippen LogP contribution in [0.2, 0.25) is 0 Å². The third-order valence-electron chi connectivity index (χ3n) is 2.53. The average molecular weight is 240 g/mol. The van der Waals surface area contributed by atoms with Crippen molar-refractivity contribution in [2.45, 2.75) is 6.54 Å². The van der Waals surface area contributed by atoms with Gasteiger partial charge in [0.2, 0.25) is 0 Å². The molecule has 1 amide bonds. The van der Waals surface area contributed by atoms with Gasteiger partial charge in [-0.15, -0.1) is 0 Å². The summed E-state index contributed by atoms with van der Waals surface area (Å²) in [4.78, 5) is 20.7. The standard InChI is InChI=1S/C13H12N4O/c1-17(9-12-15-5-6-16-12)13(18)11-4-2-3-10(7-11)8-14/h2-7H,9H2,1H3,(H,15,16). The molecule has 90 valence electrons. The molecule has 1 N–H and O–H groups in total. The molecule has 1 aromatic carbocycles. The molecule has 2 aromatic rings. The quantitative estimate of drug-likeness (QED) is 0.884. The van der Waals surface area contributed by atoms with Crippen LogP contribution in [0, 0.1) is 11.3 Å². The van der Waals surface area contributed by atoms with Crippen molar-refractivity contribution in [2.24, 2.45) is 0 Å². The fourth-order valence-electron chi connectivity index (χ4n) is 1.62. The largest absolute Gasteiger partial charge is 0.347 e. The summed E-state index contributed by atoms with van der Waals surface area (Å²) < 4.78 is 0. The summed E-state index contributed by atoms with van der Waals surface area (Å²) in [6.45, 7) is 0.405. The molecule has 0 aliphatic heterocycles. The van der Waals surface area contributed by atoms with Gasteiger partial charge in [0.05, 0.1) is 18.2 Å². The van der Waals surface area contributed by atoms with E-state index in [2.05, 4.69) is 9.97 Å². The number of amides is 1. The number of imidazole rings is 1. The number of hydrogen-bond donors (Lipinski definition) is 1. The number of carbonyl (C=O) groups is 1. The molecule has 0 spiro atoms. The van der Waals surface area contributed by atoms with E-state index in [1.165, 1.54) is 0 Å². The number of nitrogens with zero attached hydrogens (tertiary/aromatic N) is 3. The molecular weight excluding hydrogens is 228 g/mol. The van der Waals surface area contributed by atoms with Crippen LogP contribution in [0.15, 0.2) is 36.7 Å². The van der Waals surface area contributed by atoms with Gasteiger partial charge in [-0.2, -0.15) is 5.26 Å². The lowest BCUT2D eigenvalue weighted by molar-refractivity contribution is 0.0782. The number of H-pyrrole nitrogens is 1. The molecule has 5 nitrogen and oxygen atoms in total. The predicted octanol–water partition coefficient (Wildman–Crippen LogP) is 1.55. The molecule has 1 heterocycles. The minimum atomic E-state index is -0.136. The Morgan fingerprint density at radius 2 is 2.39 bits per heavy atom. The molecule has 5 heteroatoms. The van der Waals surface area contributed by atoms with Gasteiger partial charge in [-0.25, -0.2) is 4.98 Å². The van der Waals surface area contributed by atoms with E-state index >= 15 is 0 Å². The Bertz CT molecular complexity index is 583. The van der Waals surface area contributed by atoms with E-state index in [0.717, 1.165) is 5.82 Å². The minimum Gasteiger partial charge on any atom is -0.347 e. The highest BCUT2D eigenvalue weighted by atomic mass is 16.2. The van der Waals surface area contributed by atoms with Crippen LogP contribution in [0.4, 0.5) is 0 Å². The Labute approximate surface area is 105 Å². The maximum absolute atomic E-state index is 12.1. The van der Waals surface area contributed by atoms with Crippen LogP contribution in [0.3, 0.4) is 0 Å². The van der Waals surface area contributed by atoms with Crippen LogP contribution in [-0.2, 0) is 6.54 Å². The molecule has 18 heavy (non-hydrogen) atoms. The van der Waals surface area contributed by atoms with Gasteiger partial charge in [0.1, 0.15) is 5.82 Å². The van der Waals surface area contributed by atoms with Crippen molar-refractivity contribution in [3.63, 3.8) is 0 Å². The molecule has 1 aromatic heterocycles. The number of nitrogens with one attached hydrogen (secondary N) is 1. The van der Waals surface area contributed by atoms with Crippen LogP contribution in [0.5, 0.6) is 0 Å². The fraction of sp³-hybridized carbons (Fsp3) is 0.154. The van der Waals surface area contributed by atoms with Gasteiger partial charge in [-0.3, -0.25) is 4.79 Å². The van der Waals surface area contributed by atoms with Crippen molar-refractivity contribution in [3.8, 4) is 6.07 Å². The predicted molar refractivity (Wildman–Crippen MR) is 65.5 cm³/mol. The van der Waals surface area contributed by atoms with Gasteiger partial charge in [0, 0.05) is 25.0 Å². The highest BCUT2D eigenvalue weighted by Gasteiger charge is 2.13. The zero-order chi connectivity index (χ0) is 13.0. The van der Waals surface area contributed by atoms with Crippen LogP contribution >= 0.6 is 0 Å². The molecule has 0 saturated carbocycles. The molecule has 0 fully saturated rings. The first-order valence-electron chi connectivity index (χ1n) is 5.44. The maximum atomic E-state index is 12.1. The molecule has 0 aliphatic rings. The number of hydrogen-bond acceptors (Lipinski definition) is 3. The summed E-state index contributed by atoms with van der Waals surface area (Å²) in [5.74, 6) is 0.589. The average Bonchev–Trinajstić information content (AvgIpc) is 2.90. The summed E-state index contributed by atoms with van der Waals surface area (Å²) in [7, 11) is 1.70. The van der Waals surface area contributed by atoms with E-state index in [9.17, 15) is 4.79 Å². The lowest BCUT2D eigenvalue weighted by Crippen LogP contribution is -2.26. The van der Waals surface area contributed by atoms with E-state index in [-0.39, 0.29) is 5.91 Å². The normalized spacial score (nSPS) is 9.78. The van der Waals surface area contributed by atoms with Crippen molar-refractivity contribution in [3.05, 3.63) is 53.6 Å². The Hall–Kier alpha value is -2.61. The molecule has 0 radical (unpaired) electrons. The van der Waals surface area contributed by atoms with Crippen molar-refractivity contribution in [2.75, 3.05) is 7.05 Å². The highest BCUT2D eigenvalue weighted by molar-refractivity contribution is 5.94. The van der Waals surface area contributed by atoms with Gasteiger partial charge in [-0.1, -0.05) is 6.07 Å². The summed E-state index contributed by atoms with van der Waals surface area (Å²) in [5, 5.41) is 8.80. The van der Waals surface area contributed by atoms with Crippen molar-refractivity contribution >= 4 is 5.91 Å². The molecule has 0 atom stereocenters. The van der Waals surface area contributed by atoms with Gasteiger partial charge >= 0.3 is 0 Å². The molecule has 0 aliphatic carbocycles. The van der Waals surface area contributed by atoms with E-state index in [1.807, 2.05) is 6.07 Å². The second kappa shape index (κ2) is 5.15. The first-order valence-corrected chi connectivity index (χ1v) is 5.44. The number of aromatic nitrogens is 2. The molecule has 0 bridgehead atoms. The summed E-state index contributed by atoms with van der Waals surface area (Å²) in [6.07, 6.45) is 3.36. The van der Waals surface area contributed by atoms with Gasteiger partial charge in [-0.05, 0) is 18.2 Å². The van der Waals surface area contributed by atoms with Crippen LogP contribution in [-0.4, -0.2) is 27.8 Å². The molecular formula is C13H12N4O. The third-order valence-corrected chi connectivity index (χ3v) is 2.53. The van der Waals surface area contributed by atoms with Crippen molar-refractivity contribution in [1.29, 1.82) is 5.26 Å². The zero-order valence-electron chi connectivity index (χ0n) is 9.92. The van der Waals surface area contributed by atoms with E-state index in [0.29, 0.717) is 17.7 Å². The monoisotopic (exact) mass is 240 g/mol. The summed E-state index contributed by atoms with van der Waals surface area (Å²) in [5.41, 5.74) is 0.982. The Morgan fingerprint density at radius 3 is 3.06 bits per heavy atom. The number of rotatable bonds is 3. The van der Waals surface area contributed by atoms with E-state index in [1.54, 1.807) is 48.6 Å². The Kier molecular flexibility index (Phi) is 3.39. The molecule has 0 saturated heterocycles. The first kappa shape index (κ1) is 11.9. The van der Waals surface area contributed by atoms with Gasteiger partial charge in [0.15, 0.2) is 0 Å². The zero-order valence-corrected chi connectivity index (χ0v) is 9.92. The second-order valence-corrected chi connectivity index (χ2v) is 3.89. The minimum absolute atomic E-state index is 0.136. The van der Waals surface area contributed by atoms with E-state index < -0.39 is 0 Å². The van der Waals surface area contributed by atoms with Crippen molar-refractivity contribution in [1.82, 2.24) is 14.9 Å². The lowest BCUT2D eigenvalue weighted by Gasteiger charge is -2.15. The Balaban J connectivity index is 2.13. The summed E-state index contributed by atoms with van der Waals surface area (Å²) >= 11 is 0. The van der Waals surface area contributed by atoms with Gasteiger partial charge in [0.25, 0.3) is 5.91 Å². The first-order chi connectivity index (χ1) is 8.70. The second-order valence-electron chi connectivity index (χ2n) is 3.89. The number of carbonyl (C=O) groups excluding carboxylic acids is 1. The number of benzene rings is 1. The smallest absolute Gasteiger partial charge is 0.254 e. The third kappa shape index (κ3) is 2.55. The lowest BCUT2D eigenvalue weighted by atomic mass is 10.1. The van der Waals surface area contributed by atoms with Crippen molar-refractivity contribution < 1.29 is 4.79 Å². The van der Waals surface area contributed by atoms with E-state index in [4.69, 9.17) is 5.26 Å². The maximum Gasteiger partial charge on any atom is 0.254 e. The molecule has 0 unspecified atom stereocenters. The van der Waals surface area contributed by atoms with Crippen LogP contribution in [0.1, 0.15) is 21.7 Å². The fourth-order valence-corrected chi connectivity index (χ4v) is 1.62. The SMILES string of the molecule is CN(Cc1ncc[nH]1)C(=O)c1cccc(C#N)c1. The van der Waals surface area contributed by atoms with Crippen LogP contribution < -0.4 is 0 Å². The molecule has 2 rings (SSSR count). The van der Waals surface area contributed by atoms with Gasteiger partial charge < -0.3 is 9.88 Å².